The van der Waals surface area contributed by atoms with Crippen LogP contribution in [0.5, 0.6) is 0 Å². The van der Waals surface area contributed by atoms with Crippen LogP contribution in [-0.2, 0) is 16.1 Å². The summed E-state index contributed by atoms with van der Waals surface area (Å²) in [6.07, 6.45) is 1.73. The second-order valence-electron chi connectivity index (χ2n) is 4.62. The molecular formula is C17H12ClNO2S. The molecule has 0 saturated heterocycles. The van der Waals surface area contributed by atoms with Gasteiger partial charge in [-0.2, -0.15) is 0 Å². The minimum atomic E-state index is -0.113. The molecule has 22 heavy (non-hydrogen) atoms. The van der Waals surface area contributed by atoms with Gasteiger partial charge in [0.25, 0.3) is 5.23 Å². The number of aliphatic imine (C=N–C) groups is 1. The molecular weight excluding hydrogens is 318 g/mol. The van der Waals surface area contributed by atoms with Crippen molar-refractivity contribution in [2.45, 2.75) is 6.61 Å². The summed E-state index contributed by atoms with van der Waals surface area (Å²) in [4.78, 5) is 16.2. The zero-order chi connectivity index (χ0) is 15.4. The third kappa shape index (κ3) is 3.78. The Morgan fingerprint density at radius 2 is 1.82 bits per heavy atom. The fourth-order valence-corrected chi connectivity index (χ4v) is 2.64. The van der Waals surface area contributed by atoms with Crippen LogP contribution in [0.1, 0.15) is 11.1 Å². The van der Waals surface area contributed by atoms with E-state index in [1.54, 1.807) is 18.2 Å². The first-order valence-electron chi connectivity index (χ1n) is 6.65. The fraction of sp³-hybridized carbons (Fsp3) is 0.0588. The van der Waals surface area contributed by atoms with Gasteiger partial charge in [0.05, 0.1) is 0 Å². The zero-order valence-corrected chi connectivity index (χ0v) is 13.1. The molecule has 0 saturated carbocycles. The summed E-state index contributed by atoms with van der Waals surface area (Å²) < 4.78 is 5.58. The monoisotopic (exact) mass is 329 g/mol. The molecule has 2 aromatic rings. The van der Waals surface area contributed by atoms with Crippen LogP contribution < -0.4 is 0 Å². The number of rotatable bonds is 3. The normalized spacial score (nSPS) is 16.0. The van der Waals surface area contributed by atoms with Gasteiger partial charge in [-0.05, 0) is 29.3 Å². The molecule has 2 aromatic carbocycles. The first kappa shape index (κ1) is 14.9. The van der Waals surface area contributed by atoms with E-state index in [1.165, 1.54) is 0 Å². The Bertz CT molecular complexity index is 739. The van der Waals surface area contributed by atoms with Crippen LogP contribution in [0.3, 0.4) is 0 Å². The predicted molar refractivity (Wildman–Crippen MR) is 90.7 cm³/mol. The third-order valence-corrected chi connectivity index (χ3v) is 4.01. The van der Waals surface area contributed by atoms with Gasteiger partial charge in [0, 0.05) is 16.8 Å². The van der Waals surface area contributed by atoms with Crippen LogP contribution in [-0.4, -0.2) is 10.3 Å². The van der Waals surface area contributed by atoms with E-state index in [1.807, 2.05) is 42.5 Å². The van der Waals surface area contributed by atoms with Crippen molar-refractivity contribution in [3.63, 3.8) is 0 Å². The van der Waals surface area contributed by atoms with E-state index in [9.17, 15) is 4.79 Å². The average Bonchev–Trinajstić information content (AvgIpc) is 2.89. The SMILES string of the molecule is O=C1SC(OCc2ccccc2)=N/C1=C\c1ccc(Cl)cc1. The molecule has 1 aliphatic rings. The molecule has 0 radical (unpaired) electrons. The van der Waals surface area contributed by atoms with E-state index in [0.29, 0.717) is 22.6 Å². The van der Waals surface area contributed by atoms with Gasteiger partial charge in [0.15, 0.2) is 0 Å². The highest BCUT2D eigenvalue weighted by atomic mass is 35.5. The van der Waals surface area contributed by atoms with E-state index in [4.69, 9.17) is 16.3 Å². The number of ether oxygens (including phenoxy) is 1. The van der Waals surface area contributed by atoms with Gasteiger partial charge in [0.1, 0.15) is 12.3 Å². The molecule has 1 aliphatic heterocycles. The maximum absolute atomic E-state index is 11.9. The predicted octanol–water partition coefficient (Wildman–Crippen LogP) is 4.53. The van der Waals surface area contributed by atoms with E-state index in [2.05, 4.69) is 4.99 Å². The molecule has 0 atom stereocenters. The number of carbonyl (C=O) groups is 1. The number of carbonyl (C=O) groups excluding carboxylic acids is 1. The Morgan fingerprint density at radius 1 is 1.09 bits per heavy atom. The van der Waals surface area contributed by atoms with Crippen LogP contribution in [0.25, 0.3) is 6.08 Å². The van der Waals surface area contributed by atoms with Crippen molar-refractivity contribution in [1.29, 1.82) is 0 Å². The molecule has 5 heteroatoms. The van der Waals surface area contributed by atoms with E-state index in [0.717, 1.165) is 22.9 Å². The molecule has 0 bridgehead atoms. The maximum Gasteiger partial charge on any atom is 0.259 e. The second kappa shape index (κ2) is 6.81. The standard InChI is InChI=1S/C17H12ClNO2S/c18-14-8-6-12(7-9-14)10-15-16(20)22-17(19-15)21-11-13-4-2-1-3-5-13/h1-10H,11H2/b15-10-. The maximum atomic E-state index is 11.9. The van der Waals surface area contributed by atoms with Gasteiger partial charge in [-0.3, -0.25) is 4.79 Å². The molecule has 110 valence electrons. The highest BCUT2D eigenvalue weighted by Crippen LogP contribution is 2.26. The molecule has 0 amide bonds. The minimum absolute atomic E-state index is 0.113. The molecule has 0 aliphatic carbocycles. The Balaban J connectivity index is 1.70. The first-order chi connectivity index (χ1) is 10.7. The Morgan fingerprint density at radius 3 is 2.55 bits per heavy atom. The van der Waals surface area contributed by atoms with Crippen LogP contribution in [0.4, 0.5) is 0 Å². The van der Waals surface area contributed by atoms with E-state index >= 15 is 0 Å². The molecule has 0 spiro atoms. The minimum Gasteiger partial charge on any atom is -0.468 e. The second-order valence-corrected chi connectivity index (χ2v) is 5.98. The van der Waals surface area contributed by atoms with Crippen LogP contribution in [0.2, 0.25) is 5.02 Å². The summed E-state index contributed by atoms with van der Waals surface area (Å²) in [6.45, 7) is 0.397. The van der Waals surface area contributed by atoms with Crippen LogP contribution >= 0.6 is 23.4 Å². The lowest BCUT2D eigenvalue weighted by atomic mass is 10.2. The number of halogens is 1. The number of nitrogens with zero attached hydrogens (tertiary/aromatic N) is 1. The summed E-state index contributed by atoms with van der Waals surface area (Å²) in [6, 6.07) is 17.0. The number of hydrogen-bond acceptors (Lipinski definition) is 4. The molecule has 3 nitrogen and oxygen atoms in total. The largest absolute Gasteiger partial charge is 0.468 e. The molecule has 1 heterocycles. The zero-order valence-electron chi connectivity index (χ0n) is 11.5. The quantitative estimate of drug-likeness (QED) is 0.777. The van der Waals surface area contributed by atoms with Crippen molar-refractivity contribution >= 4 is 39.8 Å². The van der Waals surface area contributed by atoms with Gasteiger partial charge in [0.2, 0.25) is 5.12 Å². The van der Waals surface area contributed by atoms with Crippen LogP contribution in [0.15, 0.2) is 65.3 Å². The van der Waals surface area contributed by atoms with Gasteiger partial charge < -0.3 is 4.74 Å². The van der Waals surface area contributed by atoms with Crippen molar-refractivity contribution < 1.29 is 9.53 Å². The van der Waals surface area contributed by atoms with E-state index < -0.39 is 0 Å². The van der Waals surface area contributed by atoms with Gasteiger partial charge in [-0.1, -0.05) is 54.1 Å². The lowest BCUT2D eigenvalue weighted by Gasteiger charge is -2.02. The van der Waals surface area contributed by atoms with Crippen molar-refractivity contribution in [3.05, 3.63) is 76.4 Å². The summed E-state index contributed by atoms with van der Waals surface area (Å²) in [5.74, 6) is 0. The van der Waals surface area contributed by atoms with Crippen molar-refractivity contribution in [3.8, 4) is 0 Å². The van der Waals surface area contributed by atoms with Crippen LogP contribution in [0, 0.1) is 0 Å². The van der Waals surface area contributed by atoms with Crippen molar-refractivity contribution in [1.82, 2.24) is 0 Å². The molecule has 0 N–H and O–H groups in total. The van der Waals surface area contributed by atoms with Gasteiger partial charge >= 0.3 is 0 Å². The summed E-state index contributed by atoms with van der Waals surface area (Å²) in [5.41, 5.74) is 2.30. The molecule has 0 aromatic heterocycles. The number of thioether (sulfide) groups is 1. The third-order valence-electron chi connectivity index (χ3n) is 2.98. The number of hydrogen-bond donors (Lipinski definition) is 0. The lowest BCUT2D eigenvalue weighted by Crippen LogP contribution is -1.98. The molecule has 0 unspecified atom stereocenters. The van der Waals surface area contributed by atoms with Gasteiger partial charge in [-0.15, -0.1) is 0 Å². The topological polar surface area (TPSA) is 38.7 Å². The Hall–Kier alpha value is -2.04. The Labute approximate surface area is 137 Å². The Kier molecular flexibility index (Phi) is 4.61. The first-order valence-corrected chi connectivity index (χ1v) is 7.85. The molecule has 0 fully saturated rings. The van der Waals surface area contributed by atoms with Crippen molar-refractivity contribution in [2.75, 3.05) is 0 Å². The number of benzene rings is 2. The highest BCUT2D eigenvalue weighted by molar-refractivity contribution is 8.26. The molecule has 3 rings (SSSR count). The van der Waals surface area contributed by atoms with E-state index in [-0.39, 0.29) is 5.12 Å². The smallest absolute Gasteiger partial charge is 0.259 e. The highest BCUT2D eigenvalue weighted by Gasteiger charge is 2.23. The average molecular weight is 330 g/mol. The van der Waals surface area contributed by atoms with Crippen molar-refractivity contribution in [2.24, 2.45) is 4.99 Å². The fourth-order valence-electron chi connectivity index (χ4n) is 1.89. The summed E-state index contributed by atoms with van der Waals surface area (Å²) in [7, 11) is 0. The lowest BCUT2D eigenvalue weighted by molar-refractivity contribution is -0.107. The summed E-state index contributed by atoms with van der Waals surface area (Å²) in [5, 5.41) is 0.928. The van der Waals surface area contributed by atoms with Gasteiger partial charge in [-0.25, -0.2) is 4.99 Å². The summed E-state index contributed by atoms with van der Waals surface area (Å²) >= 11 is 6.85.